The summed E-state index contributed by atoms with van der Waals surface area (Å²) < 4.78 is 33.4. The number of rotatable bonds is 35. The van der Waals surface area contributed by atoms with Crippen LogP contribution in [0.3, 0.4) is 0 Å². The number of hydrogen-bond acceptors (Lipinski definition) is 12. The number of aliphatic hydroxyl groups is 5. The highest BCUT2D eigenvalue weighted by atomic mass is 31.2. The normalized spacial score (nSPS) is 23.0. The summed E-state index contributed by atoms with van der Waals surface area (Å²) in [6.07, 6.45) is 26.0. The molecule has 6 atom stereocenters. The molecule has 14 heteroatoms. The summed E-state index contributed by atoms with van der Waals surface area (Å²) in [4.78, 5) is 35.6. The van der Waals surface area contributed by atoms with E-state index in [0.29, 0.717) is 12.8 Å². The van der Waals surface area contributed by atoms with Crippen molar-refractivity contribution in [1.29, 1.82) is 0 Å². The molecule has 1 rings (SSSR count). The monoisotopic (exact) mass is 845 g/mol. The molecule has 1 aliphatic carbocycles. The Balaban J connectivity index is 2.47. The van der Waals surface area contributed by atoms with Gasteiger partial charge in [-0.3, -0.25) is 18.6 Å². The number of carbonyl (C=O) groups is 2. The van der Waals surface area contributed by atoms with E-state index in [0.717, 1.165) is 83.5 Å². The lowest BCUT2D eigenvalue weighted by Gasteiger charge is -2.41. The van der Waals surface area contributed by atoms with E-state index in [1.807, 2.05) is 0 Å². The van der Waals surface area contributed by atoms with Crippen LogP contribution in [0.5, 0.6) is 0 Å². The summed E-state index contributed by atoms with van der Waals surface area (Å²) in [6, 6.07) is 0. The molecular formula is C44H77O13P. The van der Waals surface area contributed by atoms with Gasteiger partial charge in [0.05, 0.1) is 6.61 Å². The molecule has 0 bridgehead atoms. The number of hydrogen-bond donors (Lipinski definition) is 6. The molecule has 58 heavy (non-hydrogen) atoms. The summed E-state index contributed by atoms with van der Waals surface area (Å²) in [5.74, 6) is -1.12. The molecule has 6 N–H and O–H groups in total. The van der Waals surface area contributed by atoms with Crippen LogP contribution in [-0.4, -0.2) is 98.3 Å². The van der Waals surface area contributed by atoms with Crippen molar-refractivity contribution >= 4 is 19.8 Å². The third-order valence-electron chi connectivity index (χ3n) is 9.93. The van der Waals surface area contributed by atoms with Gasteiger partial charge in [-0.15, -0.1) is 0 Å². The Bertz CT molecular complexity index is 1210. The third-order valence-corrected chi connectivity index (χ3v) is 10.9. The van der Waals surface area contributed by atoms with Gasteiger partial charge < -0.3 is 39.9 Å². The van der Waals surface area contributed by atoms with Crippen molar-refractivity contribution in [2.75, 3.05) is 13.2 Å². The predicted molar refractivity (Wildman–Crippen MR) is 226 cm³/mol. The summed E-state index contributed by atoms with van der Waals surface area (Å²) in [7, 11) is -5.12. The first kappa shape index (κ1) is 53.8. The fourth-order valence-electron chi connectivity index (χ4n) is 6.40. The van der Waals surface area contributed by atoms with Crippen molar-refractivity contribution in [3.05, 3.63) is 48.6 Å². The average Bonchev–Trinajstić information content (AvgIpc) is 3.20. The number of allylic oxidation sites excluding steroid dienone is 8. The smallest absolute Gasteiger partial charge is 0.462 e. The first-order valence-electron chi connectivity index (χ1n) is 21.9. The topological polar surface area (TPSA) is 210 Å². The highest BCUT2D eigenvalue weighted by Crippen LogP contribution is 2.47. The molecule has 336 valence electrons. The minimum atomic E-state index is -5.12. The maximum absolute atomic E-state index is 12.8. The van der Waals surface area contributed by atoms with Gasteiger partial charge in [-0.25, -0.2) is 4.57 Å². The quantitative estimate of drug-likeness (QED) is 0.0155. The van der Waals surface area contributed by atoms with E-state index >= 15 is 0 Å². The molecular weight excluding hydrogens is 767 g/mol. The molecule has 6 unspecified atom stereocenters. The van der Waals surface area contributed by atoms with Crippen molar-refractivity contribution in [2.24, 2.45) is 0 Å². The van der Waals surface area contributed by atoms with Gasteiger partial charge in [0.15, 0.2) is 6.10 Å². The molecule has 0 amide bonds. The molecule has 0 aromatic rings. The molecule has 0 saturated heterocycles. The van der Waals surface area contributed by atoms with Crippen molar-refractivity contribution in [2.45, 2.75) is 204 Å². The Hall–Kier alpha value is -2.19. The van der Waals surface area contributed by atoms with Crippen molar-refractivity contribution < 1.29 is 63.1 Å². The van der Waals surface area contributed by atoms with Crippen LogP contribution in [0.4, 0.5) is 0 Å². The van der Waals surface area contributed by atoms with Crippen LogP contribution in [0.2, 0.25) is 0 Å². The lowest BCUT2D eigenvalue weighted by atomic mass is 9.85. The van der Waals surface area contributed by atoms with Crippen molar-refractivity contribution in [3.63, 3.8) is 0 Å². The molecule has 1 aliphatic rings. The van der Waals surface area contributed by atoms with Crippen LogP contribution < -0.4 is 0 Å². The van der Waals surface area contributed by atoms with Gasteiger partial charge >= 0.3 is 19.8 Å². The summed E-state index contributed by atoms with van der Waals surface area (Å²) in [5, 5.41) is 50.0. The zero-order valence-electron chi connectivity index (χ0n) is 35.3. The van der Waals surface area contributed by atoms with E-state index in [4.69, 9.17) is 18.5 Å². The Kier molecular flexibility index (Phi) is 32.0. The Morgan fingerprint density at radius 1 is 0.552 bits per heavy atom. The van der Waals surface area contributed by atoms with Gasteiger partial charge in [0.25, 0.3) is 0 Å². The predicted octanol–water partition coefficient (Wildman–Crippen LogP) is 8.00. The van der Waals surface area contributed by atoms with Crippen molar-refractivity contribution in [3.8, 4) is 0 Å². The van der Waals surface area contributed by atoms with E-state index in [9.17, 15) is 44.6 Å². The van der Waals surface area contributed by atoms with Gasteiger partial charge in [0.1, 0.15) is 43.2 Å². The molecule has 1 saturated carbocycles. The molecule has 13 nitrogen and oxygen atoms in total. The van der Waals surface area contributed by atoms with Crippen LogP contribution in [0, 0.1) is 0 Å². The van der Waals surface area contributed by atoms with Gasteiger partial charge in [-0.2, -0.15) is 0 Å². The van der Waals surface area contributed by atoms with Gasteiger partial charge in [0, 0.05) is 12.8 Å². The maximum Gasteiger partial charge on any atom is 0.472 e. The fourth-order valence-corrected chi connectivity index (χ4v) is 7.37. The average molecular weight is 845 g/mol. The molecule has 1 fully saturated rings. The summed E-state index contributed by atoms with van der Waals surface area (Å²) in [6.45, 7) is 3.14. The van der Waals surface area contributed by atoms with Crippen LogP contribution in [-0.2, 0) is 32.7 Å². The second-order valence-corrected chi connectivity index (χ2v) is 16.6. The van der Waals surface area contributed by atoms with E-state index in [1.165, 1.54) is 38.5 Å². The van der Waals surface area contributed by atoms with Gasteiger partial charge in [-0.1, -0.05) is 146 Å². The number of phosphoric ester groups is 1. The van der Waals surface area contributed by atoms with E-state index in [1.54, 1.807) is 0 Å². The summed E-state index contributed by atoms with van der Waals surface area (Å²) in [5.41, 5.74) is 0. The number of esters is 2. The zero-order valence-corrected chi connectivity index (χ0v) is 36.2. The molecule has 0 aromatic heterocycles. The van der Waals surface area contributed by atoms with E-state index < -0.39 is 75.7 Å². The molecule has 0 spiro atoms. The van der Waals surface area contributed by atoms with Crippen LogP contribution in [0.1, 0.15) is 162 Å². The first-order valence-corrected chi connectivity index (χ1v) is 23.4. The molecule has 0 heterocycles. The summed E-state index contributed by atoms with van der Waals surface area (Å²) >= 11 is 0. The number of aliphatic hydroxyl groups excluding tert-OH is 5. The van der Waals surface area contributed by atoms with Crippen molar-refractivity contribution in [1.82, 2.24) is 0 Å². The number of phosphoric acid groups is 1. The largest absolute Gasteiger partial charge is 0.472 e. The second-order valence-electron chi connectivity index (χ2n) is 15.2. The van der Waals surface area contributed by atoms with E-state index in [2.05, 4.69) is 62.5 Å². The standard InChI is InChI=1S/C44H77O13P/c1-3-5-7-9-11-13-15-16-17-18-19-20-21-22-23-25-27-29-31-33-38(46)56-36(34-54-37(45)32-30-28-26-24-14-12-10-8-6-4-2)35-55-58(52,53)57-44-42(50)40(48)39(47)41(49)43(44)51/h5,7,11,13,16-17,19-20,36,39-44,47-51H,3-4,6,8-10,12,14-15,18,21-35H2,1-2H3,(H,52,53)/b7-5-,13-11-,17-16-,20-19-. The molecule has 0 aliphatic heterocycles. The fraction of sp³-hybridized carbons (Fsp3) is 0.773. The molecule has 0 radical (unpaired) electrons. The lowest BCUT2D eigenvalue weighted by Crippen LogP contribution is -2.64. The highest BCUT2D eigenvalue weighted by molar-refractivity contribution is 7.47. The SMILES string of the molecule is CC/C=C\C/C=C\C/C=C\C/C=C\CCCCCCCCC(=O)OC(COC(=O)CCCCCCCCCCCC)COP(=O)(O)OC1C(O)C(O)C(O)C(O)C1O. The number of carbonyl (C=O) groups excluding carboxylic acids is 2. The number of unbranched alkanes of at least 4 members (excludes halogenated alkanes) is 15. The Morgan fingerprint density at radius 3 is 1.50 bits per heavy atom. The van der Waals surface area contributed by atoms with Crippen LogP contribution >= 0.6 is 7.82 Å². The third kappa shape index (κ3) is 26.8. The molecule has 0 aromatic carbocycles. The Morgan fingerprint density at radius 2 is 0.983 bits per heavy atom. The zero-order chi connectivity index (χ0) is 42.9. The Labute approximate surface area is 348 Å². The van der Waals surface area contributed by atoms with E-state index in [-0.39, 0.29) is 12.8 Å². The minimum absolute atomic E-state index is 0.0802. The first-order chi connectivity index (χ1) is 27.9. The maximum atomic E-state index is 12.8. The highest BCUT2D eigenvalue weighted by Gasteiger charge is 2.51. The second kappa shape index (κ2) is 34.5. The van der Waals surface area contributed by atoms with Gasteiger partial charge in [-0.05, 0) is 51.4 Å². The van der Waals surface area contributed by atoms with Crippen LogP contribution in [0.25, 0.3) is 0 Å². The van der Waals surface area contributed by atoms with Gasteiger partial charge in [0.2, 0.25) is 0 Å². The van der Waals surface area contributed by atoms with Crippen LogP contribution in [0.15, 0.2) is 48.6 Å². The minimum Gasteiger partial charge on any atom is -0.462 e. The number of ether oxygens (including phenoxy) is 2. The lowest BCUT2D eigenvalue weighted by molar-refractivity contribution is -0.220.